The summed E-state index contributed by atoms with van der Waals surface area (Å²) in [6.07, 6.45) is 4.64. The summed E-state index contributed by atoms with van der Waals surface area (Å²) in [5.41, 5.74) is 0.139. The zero-order valence-electron chi connectivity index (χ0n) is 10.5. The van der Waals surface area contributed by atoms with Gasteiger partial charge in [0, 0.05) is 24.7 Å². The quantitative estimate of drug-likeness (QED) is 0.781. The number of rotatable bonds is 6. The molecule has 0 aliphatic carbocycles. The Labute approximate surface area is 101 Å². The first-order chi connectivity index (χ1) is 7.95. The van der Waals surface area contributed by atoms with Gasteiger partial charge in [0.2, 0.25) is 5.91 Å². The first-order valence-electron chi connectivity index (χ1n) is 5.77. The number of carbonyl (C=O) groups excluding carboxylic acids is 2. The molecule has 0 atom stereocenters. The molecule has 1 aromatic heterocycles. The van der Waals surface area contributed by atoms with E-state index in [0.717, 1.165) is 5.69 Å². The van der Waals surface area contributed by atoms with Crippen LogP contribution in [0.15, 0.2) is 12.5 Å². The number of nitrogens with one attached hydrogen (secondary N) is 2. The lowest BCUT2D eigenvalue weighted by atomic mass is 9.97. The van der Waals surface area contributed by atoms with Gasteiger partial charge in [0.15, 0.2) is 5.78 Å². The Morgan fingerprint density at radius 3 is 2.71 bits per heavy atom. The SMILES string of the molecule is CCC(=O)C(C)(C)NC(=O)CCc1cnc[nH]1. The molecule has 5 nitrogen and oxygen atoms in total. The molecule has 0 aliphatic heterocycles. The molecule has 0 bridgehead atoms. The van der Waals surface area contributed by atoms with E-state index >= 15 is 0 Å². The third-order valence-corrected chi connectivity index (χ3v) is 2.65. The maximum atomic E-state index is 11.7. The third kappa shape index (κ3) is 4.01. The molecule has 94 valence electrons. The van der Waals surface area contributed by atoms with Crippen molar-refractivity contribution in [2.45, 2.75) is 45.6 Å². The van der Waals surface area contributed by atoms with Crippen LogP contribution < -0.4 is 5.32 Å². The van der Waals surface area contributed by atoms with Crippen LogP contribution in [-0.2, 0) is 16.0 Å². The van der Waals surface area contributed by atoms with Gasteiger partial charge in [-0.2, -0.15) is 0 Å². The minimum Gasteiger partial charge on any atom is -0.348 e. The summed E-state index contributed by atoms with van der Waals surface area (Å²) >= 11 is 0. The van der Waals surface area contributed by atoms with Crippen LogP contribution in [0.3, 0.4) is 0 Å². The van der Waals surface area contributed by atoms with E-state index < -0.39 is 5.54 Å². The minimum absolute atomic E-state index is 0.0346. The second kappa shape index (κ2) is 5.61. The van der Waals surface area contributed by atoms with Crippen LogP contribution >= 0.6 is 0 Å². The molecule has 0 radical (unpaired) electrons. The van der Waals surface area contributed by atoms with Crippen LogP contribution in [0.4, 0.5) is 0 Å². The Morgan fingerprint density at radius 2 is 2.18 bits per heavy atom. The van der Waals surface area contributed by atoms with Crippen LogP contribution in [0.1, 0.15) is 39.3 Å². The number of nitrogens with zero attached hydrogens (tertiary/aromatic N) is 1. The molecule has 0 saturated carbocycles. The zero-order chi connectivity index (χ0) is 12.9. The van der Waals surface area contributed by atoms with Crippen molar-refractivity contribution in [1.29, 1.82) is 0 Å². The average molecular weight is 237 g/mol. The number of ketones is 1. The lowest BCUT2D eigenvalue weighted by molar-refractivity contribution is -0.130. The highest BCUT2D eigenvalue weighted by Crippen LogP contribution is 2.07. The predicted molar refractivity (Wildman–Crippen MR) is 64.4 cm³/mol. The zero-order valence-corrected chi connectivity index (χ0v) is 10.5. The number of H-pyrrole nitrogens is 1. The Balaban J connectivity index is 2.41. The summed E-state index contributed by atoms with van der Waals surface area (Å²) in [7, 11) is 0. The fraction of sp³-hybridized carbons (Fsp3) is 0.583. The first-order valence-corrected chi connectivity index (χ1v) is 5.77. The Kier molecular flexibility index (Phi) is 4.43. The summed E-state index contributed by atoms with van der Waals surface area (Å²) in [6, 6.07) is 0. The molecule has 1 amide bonds. The lowest BCUT2D eigenvalue weighted by Crippen LogP contribution is -2.49. The van der Waals surface area contributed by atoms with E-state index in [2.05, 4.69) is 15.3 Å². The van der Waals surface area contributed by atoms with E-state index in [4.69, 9.17) is 0 Å². The van der Waals surface area contributed by atoms with Crippen LogP contribution in [0, 0.1) is 0 Å². The Morgan fingerprint density at radius 1 is 1.47 bits per heavy atom. The predicted octanol–water partition coefficient (Wildman–Crippen LogP) is 1.22. The highest BCUT2D eigenvalue weighted by molar-refractivity contribution is 5.91. The Bertz CT molecular complexity index is 382. The molecule has 0 spiro atoms. The maximum Gasteiger partial charge on any atom is 0.221 e. The average Bonchev–Trinajstić information content (AvgIpc) is 2.77. The van der Waals surface area contributed by atoms with Crippen molar-refractivity contribution in [2.75, 3.05) is 0 Å². The monoisotopic (exact) mass is 237 g/mol. The fourth-order valence-electron chi connectivity index (χ4n) is 1.59. The van der Waals surface area contributed by atoms with Crippen LogP contribution in [0.5, 0.6) is 0 Å². The van der Waals surface area contributed by atoms with Crippen molar-refractivity contribution in [3.8, 4) is 0 Å². The number of imidazole rings is 1. The van der Waals surface area contributed by atoms with Gasteiger partial charge in [-0.25, -0.2) is 4.98 Å². The molecular formula is C12H19N3O2. The van der Waals surface area contributed by atoms with Crippen molar-refractivity contribution in [2.24, 2.45) is 0 Å². The van der Waals surface area contributed by atoms with E-state index in [1.165, 1.54) is 0 Å². The molecule has 5 heteroatoms. The number of aromatic nitrogens is 2. The second-order valence-corrected chi connectivity index (χ2v) is 4.53. The molecule has 1 heterocycles. The van der Waals surface area contributed by atoms with E-state index in [1.807, 2.05) is 0 Å². The van der Waals surface area contributed by atoms with Crippen LogP contribution in [0.2, 0.25) is 0 Å². The largest absolute Gasteiger partial charge is 0.348 e. The molecule has 17 heavy (non-hydrogen) atoms. The first kappa shape index (κ1) is 13.4. The van der Waals surface area contributed by atoms with Crippen molar-refractivity contribution >= 4 is 11.7 Å². The van der Waals surface area contributed by atoms with Crippen molar-refractivity contribution < 1.29 is 9.59 Å². The molecule has 1 rings (SSSR count). The molecule has 0 aliphatic rings. The van der Waals surface area contributed by atoms with Gasteiger partial charge in [0.25, 0.3) is 0 Å². The minimum atomic E-state index is -0.778. The summed E-state index contributed by atoms with van der Waals surface area (Å²) in [5.74, 6) is -0.0845. The van der Waals surface area contributed by atoms with Gasteiger partial charge in [-0.15, -0.1) is 0 Å². The topological polar surface area (TPSA) is 74.8 Å². The number of amides is 1. The van der Waals surface area contributed by atoms with Gasteiger partial charge in [-0.3, -0.25) is 9.59 Å². The van der Waals surface area contributed by atoms with E-state index in [9.17, 15) is 9.59 Å². The van der Waals surface area contributed by atoms with Crippen LogP contribution in [-0.4, -0.2) is 27.2 Å². The Hall–Kier alpha value is -1.65. The molecule has 0 aromatic carbocycles. The molecule has 0 unspecified atom stereocenters. The number of hydrogen-bond acceptors (Lipinski definition) is 3. The smallest absolute Gasteiger partial charge is 0.221 e. The standard InChI is InChI=1S/C12H19N3O2/c1-4-10(16)12(2,3)15-11(17)6-5-9-7-13-8-14-9/h7-8H,4-6H2,1-3H3,(H,13,14)(H,15,17). The summed E-state index contributed by atoms with van der Waals surface area (Å²) in [5, 5.41) is 2.75. The summed E-state index contributed by atoms with van der Waals surface area (Å²) < 4.78 is 0. The number of aryl methyl sites for hydroxylation is 1. The molecular weight excluding hydrogens is 218 g/mol. The van der Waals surface area contributed by atoms with Gasteiger partial charge in [-0.1, -0.05) is 6.92 Å². The van der Waals surface area contributed by atoms with E-state index in [-0.39, 0.29) is 11.7 Å². The van der Waals surface area contributed by atoms with E-state index in [1.54, 1.807) is 33.3 Å². The number of Topliss-reactive ketones (excluding diaryl/α,β-unsaturated/α-hetero) is 1. The molecule has 1 aromatic rings. The highest BCUT2D eigenvalue weighted by Gasteiger charge is 2.27. The lowest BCUT2D eigenvalue weighted by Gasteiger charge is -2.24. The van der Waals surface area contributed by atoms with Gasteiger partial charge >= 0.3 is 0 Å². The molecule has 0 saturated heterocycles. The van der Waals surface area contributed by atoms with Crippen molar-refractivity contribution in [3.05, 3.63) is 18.2 Å². The number of carbonyl (C=O) groups is 2. The van der Waals surface area contributed by atoms with Crippen molar-refractivity contribution in [1.82, 2.24) is 15.3 Å². The van der Waals surface area contributed by atoms with Crippen LogP contribution in [0.25, 0.3) is 0 Å². The summed E-state index contributed by atoms with van der Waals surface area (Å²) in [6.45, 7) is 5.25. The number of hydrogen-bond donors (Lipinski definition) is 2. The van der Waals surface area contributed by atoms with Crippen molar-refractivity contribution in [3.63, 3.8) is 0 Å². The number of aromatic amines is 1. The van der Waals surface area contributed by atoms with E-state index in [0.29, 0.717) is 19.3 Å². The highest BCUT2D eigenvalue weighted by atomic mass is 16.2. The second-order valence-electron chi connectivity index (χ2n) is 4.53. The van der Waals surface area contributed by atoms with Gasteiger partial charge in [0.1, 0.15) is 0 Å². The normalized spacial score (nSPS) is 11.2. The van der Waals surface area contributed by atoms with Gasteiger partial charge < -0.3 is 10.3 Å². The molecule has 0 fully saturated rings. The third-order valence-electron chi connectivity index (χ3n) is 2.65. The summed E-state index contributed by atoms with van der Waals surface area (Å²) in [4.78, 5) is 30.1. The van der Waals surface area contributed by atoms with Gasteiger partial charge in [-0.05, 0) is 20.3 Å². The fourth-order valence-corrected chi connectivity index (χ4v) is 1.59. The van der Waals surface area contributed by atoms with Gasteiger partial charge in [0.05, 0.1) is 11.9 Å². The maximum absolute atomic E-state index is 11.7. The molecule has 2 N–H and O–H groups in total.